The van der Waals surface area contributed by atoms with Crippen molar-refractivity contribution in [3.8, 4) is 0 Å². The molecule has 0 atom stereocenters. The first-order chi connectivity index (χ1) is 7.86. The van der Waals surface area contributed by atoms with Crippen molar-refractivity contribution >= 4 is 6.03 Å². The second kappa shape index (κ2) is 6.12. The Kier molecular flexibility index (Phi) is 4.49. The summed E-state index contributed by atoms with van der Waals surface area (Å²) in [5.41, 5.74) is 0. The molecule has 0 aromatic carbocycles. The number of carbonyl (C=O) groups excluding carboxylic acids is 1. The zero-order valence-corrected chi connectivity index (χ0v) is 10.2. The van der Waals surface area contributed by atoms with Crippen LogP contribution < -0.4 is 5.32 Å². The van der Waals surface area contributed by atoms with E-state index in [1.54, 1.807) is 0 Å². The van der Waals surface area contributed by atoms with Gasteiger partial charge < -0.3 is 4.90 Å². The third-order valence-electron chi connectivity index (χ3n) is 3.89. The molecule has 0 N–H and O–H groups in total. The van der Waals surface area contributed by atoms with Gasteiger partial charge in [-0.3, -0.25) is 0 Å². The van der Waals surface area contributed by atoms with E-state index in [4.69, 9.17) is 0 Å². The highest BCUT2D eigenvalue weighted by atomic mass is 16.2. The normalized spacial score (nSPS) is 22.4. The highest BCUT2D eigenvalue weighted by molar-refractivity contribution is 5.73. The lowest BCUT2D eigenvalue weighted by Crippen LogP contribution is -2.40. The van der Waals surface area contributed by atoms with Crippen LogP contribution in [-0.2, 0) is 0 Å². The van der Waals surface area contributed by atoms with E-state index in [2.05, 4.69) is 5.32 Å². The average Bonchev–Trinajstić information content (AvgIpc) is 2.83. The molecule has 0 bridgehead atoms. The predicted octanol–water partition coefficient (Wildman–Crippen LogP) is 2.78. The molecule has 3 nitrogen and oxygen atoms in total. The molecule has 0 aromatic rings. The molecule has 2 fully saturated rings. The zero-order valence-electron chi connectivity index (χ0n) is 10.2. The van der Waals surface area contributed by atoms with Gasteiger partial charge in [0.2, 0.25) is 0 Å². The summed E-state index contributed by atoms with van der Waals surface area (Å²) in [6.45, 7) is 2.59. The van der Waals surface area contributed by atoms with E-state index in [-0.39, 0.29) is 6.03 Å². The lowest BCUT2D eigenvalue weighted by atomic mass is 10.0. The third kappa shape index (κ3) is 3.39. The summed E-state index contributed by atoms with van der Waals surface area (Å²) in [6, 6.07) is 0.0395. The lowest BCUT2D eigenvalue weighted by molar-refractivity contribution is 0.185. The van der Waals surface area contributed by atoms with Gasteiger partial charge in [-0.1, -0.05) is 25.7 Å². The Bertz CT molecular complexity index is 218. The van der Waals surface area contributed by atoms with E-state index in [1.165, 1.54) is 32.1 Å². The van der Waals surface area contributed by atoms with E-state index < -0.39 is 0 Å². The number of urea groups is 1. The van der Waals surface area contributed by atoms with Crippen LogP contribution in [0.15, 0.2) is 0 Å². The molecular weight excluding hydrogens is 200 g/mol. The van der Waals surface area contributed by atoms with E-state index in [1.807, 2.05) is 4.90 Å². The molecule has 1 radical (unpaired) electrons. The maximum atomic E-state index is 11.7. The maximum absolute atomic E-state index is 11.7. The van der Waals surface area contributed by atoms with E-state index >= 15 is 0 Å². The Morgan fingerprint density at radius 2 is 1.75 bits per heavy atom. The molecule has 91 valence electrons. The van der Waals surface area contributed by atoms with E-state index in [9.17, 15) is 4.79 Å². The quantitative estimate of drug-likeness (QED) is 0.724. The number of hydrogen-bond donors (Lipinski definition) is 0. The number of piperidine rings is 1. The van der Waals surface area contributed by atoms with Gasteiger partial charge in [0.1, 0.15) is 0 Å². The van der Waals surface area contributed by atoms with Gasteiger partial charge in [-0.05, 0) is 31.6 Å². The molecule has 1 aliphatic carbocycles. The van der Waals surface area contributed by atoms with Crippen LogP contribution in [0.1, 0.15) is 51.4 Å². The minimum absolute atomic E-state index is 0.0395. The second-order valence-corrected chi connectivity index (χ2v) is 5.15. The summed E-state index contributed by atoms with van der Waals surface area (Å²) in [6.07, 6.45) is 10.2. The van der Waals surface area contributed by atoms with Gasteiger partial charge in [-0.2, -0.15) is 0 Å². The summed E-state index contributed by atoms with van der Waals surface area (Å²) >= 11 is 0. The molecule has 0 unspecified atom stereocenters. The molecule has 1 saturated heterocycles. The Hall–Kier alpha value is -0.730. The third-order valence-corrected chi connectivity index (χ3v) is 3.89. The molecule has 1 aliphatic heterocycles. The van der Waals surface area contributed by atoms with Gasteiger partial charge in [-0.25, -0.2) is 10.1 Å². The van der Waals surface area contributed by atoms with Crippen molar-refractivity contribution in [2.75, 3.05) is 19.6 Å². The highest BCUT2D eigenvalue weighted by Crippen LogP contribution is 2.27. The molecule has 2 amide bonds. The first-order valence-corrected chi connectivity index (χ1v) is 6.82. The Morgan fingerprint density at radius 3 is 2.44 bits per heavy atom. The number of hydrogen-bond acceptors (Lipinski definition) is 1. The summed E-state index contributed by atoms with van der Waals surface area (Å²) in [4.78, 5) is 13.6. The largest absolute Gasteiger partial charge is 0.338 e. The van der Waals surface area contributed by atoms with Gasteiger partial charge in [0.15, 0.2) is 0 Å². The maximum Gasteiger partial charge on any atom is 0.338 e. The number of rotatable bonds is 3. The average molecular weight is 223 g/mol. The summed E-state index contributed by atoms with van der Waals surface area (Å²) < 4.78 is 0. The fourth-order valence-electron chi connectivity index (χ4n) is 2.83. The van der Waals surface area contributed by atoms with Gasteiger partial charge >= 0.3 is 6.03 Å². The monoisotopic (exact) mass is 223 g/mol. The molecule has 3 heteroatoms. The van der Waals surface area contributed by atoms with Gasteiger partial charge in [0.25, 0.3) is 0 Å². The van der Waals surface area contributed by atoms with Crippen molar-refractivity contribution in [3.63, 3.8) is 0 Å². The van der Waals surface area contributed by atoms with Gasteiger partial charge in [0.05, 0.1) is 0 Å². The van der Waals surface area contributed by atoms with Crippen LogP contribution in [0.3, 0.4) is 0 Å². The van der Waals surface area contributed by atoms with Crippen molar-refractivity contribution in [3.05, 3.63) is 0 Å². The fraction of sp³-hybridized carbons (Fsp3) is 0.923. The number of carbonyl (C=O) groups is 1. The Balaban J connectivity index is 1.59. The Labute approximate surface area is 98.6 Å². The van der Waals surface area contributed by atoms with Crippen molar-refractivity contribution in [2.45, 2.75) is 51.4 Å². The summed E-state index contributed by atoms with van der Waals surface area (Å²) in [7, 11) is 0. The number of amides is 2. The highest BCUT2D eigenvalue weighted by Gasteiger charge is 2.19. The summed E-state index contributed by atoms with van der Waals surface area (Å²) in [5, 5.41) is 4.20. The topological polar surface area (TPSA) is 34.4 Å². The number of nitrogens with zero attached hydrogens (tertiary/aromatic N) is 2. The molecule has 1 saturated carbocycles. The standard InChI is InChI=1S/C13H23N2O/c16-13(15-10-4-1-5-11-15)14-9-8-12-6-2-3-7-12/h12H,1-11H2. The van der Waals surface area contributed by atoms with Crippen LogP contribution in [0.2, 0.25) is 0 Å². The smallest absolute Gasteiger partial charge is 0.323 e. The van der Waals surface area contributed by atoms with Crippen LogP contribution >= 0.6 is 0 Å². The van der Waals surface area contributed by atoms with Gasteiger partial charge in [0, 0.05) is 19.6 Å². The first-order valence-electron chi connectivity index (χ1n) is 6.82. The van der Waals surface area contributed by atoms with Crippen LogP contribution in [0, 0.1) is 5.92 Å². The molecule has 1 heterocycles. The lowest BCUT2D eigenvalue weighted by Gasteiger charge is -2.26. The zero-order chi connectivity index (χ0) is 11.2. The first kappa shape index (κ1) is 11.7. The van der Waals surface area contributed by atoms with Crippen LogP contribution in [0.25, 0.3) is 0 Å². The van der Waals surface area contributed by atoms with Crippen LogP contribution in [-0.4, -0.2) is 30.6 Å². The van der Waals surface area contributed by atoms with E-state index in [0.29, 0.717) is 0 Å². The van der Waals surface area contributed by atoms with Crippen molar-refractivity contribution in [1.82, 2.24) is 10.2 Å². The summed E-state index contributed by atoms with van der Waals surface area (Å²) in [5.74, 6) is 0.845. The van der Waals surface area contributed by atoms with Crippen molar-refractivity contribution in [2.24, 2.45) is 5.92 Å². The molecule has 2 rings (SSSR count). The predicted molar refractivity (Wildman–Crippen MR) is 64.4 cm³/mol. The number of likely N-dealkylation sites (tertiary alicyclic amines) is 1. The second-order valence-electron chi connectivity index (χ2n) is 5.15. The van der Waals surface area contributed by atoms with Crippen molar-refractivity contribution in [1.29, 1.82) is 0 Å². The molecule has 0 aromatic heterocycles. The fourth-order valence-corrected chi connectivity index (χ4v) is 2.83. The molecule has 0 spiro atoms. The molecule has 16 heavy (non-hydrogen) atoms. The SMILES string of the molecule is O=C([N]CCC1CCCC1)N1CCCCC1. The van der Waals surface area contributed by atoms with Crippen LogP contribution in [0.5, 0.6) is 0 Å². The van der Waals surface area contributed by atoms with Crippen LogP contribution in [0.4, 0.5) is 4.79 Å². The molecule has 2 aliphatic rings. The van der Waals surface area contributed by atoms with E-state index in [0.717, 1.165) is 44.8 Å². The molecular formula is C13H23N2O. The van der Waals surface area contributed by atoms with Gasteiger partial charge in [-0.15, -0.1) is 0 Å². The minimum Gasteiger partial charge on any atom is -0.323 e. The minimum atomic E-state index is 0.0395. The Morgan fingerprint density at radius 1 is 1.06 bits per heavy atom. The van der Waals surface area contributed by atoms with Crippen molar-refractivity contribution < 1.29 is 4.79 Å².